The summed E-state index contributed by atoms with van der Waals surface area (Å²) in [5.41, 5.74) is 0.147. The predicted octanol–water partition coefficient (Wildman–Crippen LogP) is 1.15. The van der Waals surface area contributed by atoms with E-state index in [9.17, 15) is 9.59 Å². The van der Waals surface area contributed by atoms with Crippen molar-refractivity contribution in [2.45, 2.75) is 12.8 Å². The minimum atomic E-state index is -0.859. The molecule has 0 aromatic heterocycles. The maximum Gasteiger partial charge on any atom is 0.311 e. The topological polar surface area (TPSA) is 90.2 Å². The smallest absolute Gasteiger partial charge is 0.311 e. The minimum absolute atomic E-state index is 0.154. The van der Waals surface area contributed by atoms with Gasteiger partial charge < -0.3 is 10.4 Å². The standard InChI is InChI=1S/C13H12N2O3/c14-7-9-1-3-10(4-2-9)11(16)15-8-13(5-6-13)12(17)18/h1-4H,5-6,8H2,(H,15,16)(H,17,18). The second kappa shape index (κ2) is 4.49. The van der Waals surface area contributed by atoms with Crippen LogP contribution < -0.4 is 5.32 Å². The average molecular weight is 244 g/mol. The van der Waals surface area contributed by atoms with Crippen molar-refractivity contribution in [3.05, 3.63) is 35.4 Å². The number of nitriles is 1. The minimum Gasteiger partial charge on any atom is -0.481 e. The molecule has 0 radical (unpaired) electrons. The first-order valence-electron chi connectivity index (χ1n) is 5.59. The number of carboxylic acids is 1. The van der Waals surface area contributed by atoms with E-state index in [0.29, 0.717) is 24.0 Å². The summed E-state index contributed by atoms with van der Waals surface area (Å²) in [7, 11) is 0. The molecule has 1 aromatic carbocycles. The van der Waals surface area contributed by atoms with E-state index in [0.717, 1.165) is 0 Å². The van der Waals surface area contributed by atoms with Crippen molar-refractivity contribution >= 4 is 11.9 Å². The highest BCUT2D eigenvalue weighted by molar-refractivity contribution is 5.94. The van der Waals surface area contributed by atoms with Gasteiger partial charge in [-0.25, -0.2) is 0 Å². The van der Waals surface area contributed by atoms with Gasteiger partial charge in [-0.3, -0.25) is 9.59 Å². The van der Waals surface area contributed by atoms with Crippen molar-refractivity contribution in [1.82, 2.24) is 5.32 Å². The highest BCUT2D eigenvalue weighted by atomic mass is 16.4. The van der Waals surface area contributed by atoms with E-state index in [1.54, 1.807) is 24.3 Å². The lowest BCUT2D eigenvalue weighted by Gasteiger charge is -2.11. The maximum absolute atomic E-state index is 11.8. The molecule has 92 valence electrons. The maximum atomic E-state index is 11.8. The Bertz CT molecular complexity index is 524. The Labute approximate surface area is 104 Å². The lowest BCUT2D eigenvalue weighted by Crippen LogP contribution is -2.34. The molecule has 0 spiro atoms. The van der Waals surface area contributed by atoms with Crippen molar-refractivity contribution < 1.29 is 14.7 Å². The molecule has 5 heteroatoms. The number of rotatable bonds is 4. The van der Waals surface area contributed by atoms with Gasteiger partial charge in [0.1, 0.15) is 0 Å². The largest absolute Gasteiger partial charge is 0.481 e. The first-order chi connectivity index (χ1) is 8.57. The Hall–Kier alpha value is -2.35. The second-order valence-corrected chi connectivity index (χ2v) is 4.46. The summed E-state index contributed by atoms with van der Waals surface area (Å²) < 4.78 is 0. The van der Waals surface area contributed by atoms with E-state index in [1.807, 2.05) is 6.07 Å². The first-order valence-corrected chi connectivity index (χ1v) is 5.59. The molecule has 1 fully saturated rings. The quantitative estimate of drug-likeness (QED) is 0.831. The molecule has 1 saturated carbocycles. The van der Waals surface area contributed by atoms with Crippen LogP contribution in [0, 0.1) is 16.7 Å². The van der Waals surface area contributed by atoms with Gasteiger partial charge in [-0.1, -0.05) is 0 Å². The van der Waals surface area contributed by atoms with Crippen molar-refractivity contribution in [1.29, 1.82) is 5.26 Å². The Kier molecular flexibility index (Phi) is 3.02. The molecule has 1 aliphatic carbocycles. The lowest BCUT2D eigenvalue weighted by atomic mass is 10.1. The molecular formula is C13H12N2O3. The molecule has 0 heterocycles. The van der Waals surface area contributed by atoms with E-state index in [-0.39, 0.29) is 12.5 Å². The molecule has 0 unspecified atom stereocenters. The molecular weight excluding hydrogens is 232 g/mol. The summed E-state index contributed by atoms with van der Waals surface area (Å²) in [6.45, 7) is 0.154. The van der Waals surface area contributed by atoms with Crippen LogP contribution in [0.15, 0.2) is 24.3 Å². The van der Waals surface area contributed by atoms with Gasteiger partial charge in [0, 0.05) is 12.1 Å². The normalized spacial score (nSPS) is 15.5. The van der Waals surface area contributed by atoms with Crippen LogP contribution in [0.2, 0.25) is 0 Å². The van der Waals surface area contributed by atoms with E-state index in [4.69, 9.17) is 10.4 Å². The number of carbonyl (C=O) groups is 2. The summed E-state index contributed by atoms with van der Waals surface area (Å²) in [5.74, 6) is -1.17. The number of aliphatic carboxylic acids is 1. The number of amides is 1. The monoisotopic (exact) mass is 244 g/mol. The lowest BCUT2D eigenvalue weighted by molar-refractivity contribution is -0.143. The molecule has 1 aliphatic rings. The third kappa shape index (κ3) is 2.33. The molecule has 2 N–H and O–H groups in total. The average Bonchev–Trinajstić information content (AvgIpc) is 3.17. The third-order valence-corrected chi connectivity index (χ3v) is 3.17. The summed E-state index contributed by atoms with van der Waals surface area (Å²) in [4.78, 5) is 22.7. The predicted molar refractivity (Wildman–Crippen MR) is 62.8 cm³/mol. The van der Waals surface area contributed by atoms with Crippen LogP contribution in [0.4, 0.5) is 0 Å². The number of benzene rings is 1. The van der Waals surface area contributed by atoms with Crippen LogP contribution in [-0.4, -0.2) is 23.5 Å². The zero-order valence-electron chi connectivity index (χ0n) is 9.64. The molecule has 2 rings (SSSR count). The SMILES string of the molecule is N#Cc1ccc(C(=O)NCC2(C(=O)O)CC2)cc1. The Morgan fingerprint density at radius 2 is 1.94 bits per heavy atom. The van der Waals surface area contributed by atoms with Crippen LogP contribution in [0.25, 0.3) is 0 Å². The van der Waals surface area contributed by atoms with Gasteiger partial charge >= 0.3 is 5.97 Å². The van der Waals surface area contributed by atoms with Crippen molar-refractivity contribution in [2.75, 3.05) is 6.54 Å². The van der Waals surface area contributed by atoms with Crippen LogP contribution in [0.5, 0.6) is 0 Å². The number of hydrogen-bond donors (Lipinski definition) is 2. The van der Waals surface area contributed by atoms with Gasteiger partial charge in [0.25, 0.3) is 5.91 Å². The van der Waals surface area contributed by atoms with E-state index < -0.39 is 11.4 Å². The molecule has 0 aliphatic heterocycles. The summed E-state index contributed by atoms with van der Waals surface area (Å²) in [6.07, 6.45) is 1.21. The van der Waals surface area contributed by atoms with E-state index in [2.05, 4.69) is 5.32 Å². The number of hydrogen-bond acceptors (Lipinski definition) is 3. The second-order valence-electron chi connectivity index (χ2n) is 4.46. The van der Waals surface area contributed by atoms with E-state index in [1.165, 1.54) is 0 Å². The number of carboxylic acid groups (broad SMARTS) is 1. The van der Waals surface area contributed by atoms with Crippen molar-refractivity contribution in [2.24, 2.45) is 5.41 Å². The van der Waals surface area contributed by atoms with Gasteiger partial charge in [0.2, 0.25) is 0 Å². The van der Waals surface area contributed by atoms with Crippen LogP contribution in [0.3, 0.4) is 0 Å². The fourth-order valence-electron chi connectivity index (χ4n) is 1.66. The van der Waals surface area contributed by atoms with Gasteiger partial charge in [-0.2, -0.15) is 5.26 Å². The summed E-state index contributed by atoms with van der Waals surface area (Å²) in [6, 6.07) is 8.17. The Morgan fingerprint density at radius 3 is 2.39 bits per heavy atom. The van der Waals surface area contributed by atoms with Crippen LogP contribution >= 0.6 is 0 Å². The molecule has 0 bridgehead atoms. The third-order valence-electron chi connectivity index (χ3n) is 3.17. The molecule has 1 amide bonds. The zero-order valence-corrected chi connectivity index (χ0v) is 9.64. The first kappa shape index (κ1) is 12.1. The molecule has 18 heavy (non-hydrogen) atoms. The summed E-state index contributed by atoms with van der Waals surface area (Å²) >= 11 is 0. The zero-order chi connectivity index (χ0) is 13.2. The van der Waals surface area contributed by atoms with Crippen LogP contribution in [0.1, 0.15) is 28.8 Å². The molecule has 0 saturated heterocycles. The fourth-order valence-corrected chi connectivity index (χ4v) is 1.66. The van der Waals surface area contributed by atoms with Crippen molar-refractivity contribution in [3.8, 4) is 6.07 Å². The number of nitrogens with zero attached hydrogens (tertiary/aromatic N) is 1. The highest BCUT2D eigenvalue weighted by Gasteiger charge is 2.50. The van der Waals surface area contributed by atoms with E-state index >= 15 is 0 Å². The summed E-state index contributed by atoms with van der Waals surface area (Å²) in [5, 5.41) is 20.2. The Morgan fingerprint density at radius 1 is 1.33 bits per heavy atom. The highest BCUT2D eigenvalue weighted by Crippen LogP contribution is 2.45. The van der Waals surface area contributed by atoms with Gasteiger partial charge in [0.15, 0.2) is 0 Å². The Balaban J connectivity index is 1.96. The fraction of sp³-hybridized carbons (Fsp3) is 0.308. The van der Waals surface area contributed by atoms with Gasteiger partial charge in [0.05, 0.1) is 17.0 Å². The van der Waals surface area contributed by atoms with Crippen LogP contribution in [-0.2, 0) is 4.79 Å². The van der Waals surface area contributed by atoms with Gasteiger partial charge in [-0.15, -0.1) is 0 Å². The molecule has 1 aromatic rings. The molecule has 0 atom stereocenters. The number of nitrogens with one attached hydrogen (secondary N) is 1. The number of carbonyl (C=O) groups excluding carboxylic acids is 1. The van der Waals surface area contributed by atoms with Gasteiger partial charge in [-0.05, 0) is 37.1 Å². The molecule has 5 nitrogen and oxygen atoms in total. The van der Waals surface area contributed by atoms with Crippen molar-refractivity contribution in [3.63, 3.8) is 0 Å².